The number of aryl methyl sites for hydroxylation is 1. The summed E-state index contributed by atoms with van der Waals surface area (Å²) >= 11 is 13.3. The number of sulfonamides is 1. The smallest absolute Gasteiger partial charge is 0.270 e. The van der Waals surface area contributed by atoms with Gasteiger partial charge in [-0.15, -0.1) is 11.3 Å². The summed E-state index contributed by atoms with van der Waals surface area (Å²) in [5.74, 6) is -0.273. The first-order valence-corrected chi connectivity index (χ1v) is 11.9. The van der Waals surface area contributed by atoms with E-state index in [1.807, 2.05) is 0 Å². The summed E-state index contributed by atoms with van der Waals surface area (Å²) in [5, 5.41) is 3.41. The van der Waals surface area contributed by atoms with E-state index < -0.39 is 10.0 Å². The molecule has 3 heterocycles. The number of halogens is 2. The number of pyridine rings is 1. The third-order valence-electron chi connectivity index (χ3n) is 4.16. The van der Waals surface area contributed by atoms with E-state index in [1.54, 1.807) is 24.3 Å². The number of nitrogens with two attached hydrogens (primary N) is 1. The van der Waals surface area contributed by atoms with Gasteiger partial charge in [0, 0.05) is 30.7 Å². The second-order valence-corrected chi connectivity index (χ2v) is 10.2. The first-order chi connectivity index (χ1) is 13.7. The molecule has 4 N–H and O–H groups in total. The molecule has 0 radical (unpaired) electrons. The van der Waals surface area contributed by atoms with E-state index in [4.69, 9.17) is 28.9 Å². The zero-order valence-electron chi connectivity index (χ0n) is 15.2. The Labute approximate surface area is 182 Å². The third kappa shape index (κ3) is 5.75. The molecular formula is C17H19Cl2N5O3S2. The lowest BCUT2D eigenvalue weighted by Gasteiger charge is -2.18. The summed E-state index contributed by atoms with van der Waals surface area (Å²) < 4.78 is 27.6. The highest BCUT2D eigenvalue weighted by Crippen LogP contribution is 2.25. The van der Waals surface area contributed by atoms with E-state index in [0.717, 1.165) is 4.88 Å². The van der Waals surface area contributed by atoms with Crippen LogP contribution in [0, 0.1) is 0 Å². The minimum absolute atomic E-state index is 0.0698. The summed E-state index contributed by atoms with van der Waals surface area (Å²) in [6, 6.07) is 5.20. The number of rotatable bonds is 9. The third-order valence-corrected chi connectivity index (χ3v) is 7.12. The number of aromatic nitrogens is 1. The number of carbonyl (C=O) groups excluding carboxylic acids is 1. The lowest BCUT2D eigenvalue weighted by Crippen LogP contribution is -2.36. The molecule has 0 saturated heterocycles. The molecule has 12 heteroatoms. The van der Waals surface area contributed by atoms with Gasteiger partial charge < -0.3 is 16.0 Å². The maximum atomic E-state index is 12.5. The molecule has 8 nitrogen and oxygen atoms in total. The van der Waals surface area contributed by atoms with Crippen LogP contribution in [0.25, 0.3) is 0 Å². The number of nitrogens with one attached hydrogen (secondary N) is 2. The number of carbonyl (C=O) groups is 1. The van der Waals surface area contributed by atoms with Gasteiger partial charge in [0.2, 0.25) is 10.0 Å². The maximum Gasteiger partial charge on any atom is 0.270 e. The Kier molecular flexibility index (Phi) is 6.89. The van der Waals surface area contributed by atoms with Gasteiger partial charge in [0.05, 0.1) is 15.8 Å². The van der Waals surface area contributed by atoms with Gasteiger partial charge in [0.15, 0.2) is 0 Å². The van der Waals surface area contributed by atoms with Crippen LogP contribution in [0.5, 0.6) is 0 Å². The second kappa shape index (κ2) is 9.21. The SMILES string of the molecule is Nc1nccc(NCCN2CC=C(NS(=O)(=O)CCc3ccc(Cl)s3)C2=O)c1Cl. The van der Waals surface area contributed by atoms with Crippen LogP contribution in [0.2, 0.25) is 9.36 Å². The van der Waals surface area contributed by atoms with Crippen LogP contribution < -0.4 is 15.8 Å². The number of amides is 1. The van der Waals surface area contributed by atoms with Crippen molar-refractivity contribution in [3.05, 3.63) is 50.4 Å². The van der Waals surface area contributed by atoms with Gasteiger partial charge >= 0.3 is 0 Å². The van der Waals surface area contributed by atoms with E-state index in [-0.39, 0.29) is 23.2 Å². The zero-order valence-corrected chi connectivity index (χ0v) is 18.3. The maximum absolute atomic E-state index is 12.5. The fraction of sp³-hybridized carbons (Fsp3) is 0.294. The molecule has 2 aromatic rings. The van der Waals surface area contributed by atoms with Gasteiger partial charge in [0.25, 0.3) is 5.91 Å². The van der Waals surface area contributed by atoms with Crippen LogP contribution in [0.3, 0.4) is 0 Å². The molecule has 1 aliphatic heterocycles. The van der Waals surface area contributed by atoms with Gasteiger partial charge in [-0.25, -0.2) is 13.4 Å². The van der Waals surface area contributed by atoms with Crippen molar-refractivity contribution >= 4 is 62.0 Å². The molecule has 156 valence electrons. The number of thiophene rings is 1. The molecule has 1 aliphatic rings. The lowest BCUT2D eigenvalue weighted by molar-refractivity contribution is -0.125. The quantitative estimate of drug-likeness (QED) is 0.512. The Hall–Kier alpha value is -2.01. The average molecular weight is 476 g/mol. The van der Waals surface area contributed by atoms with Crippen molar-refractivity contribution < 1.29 is 13.2 Å². The Morgan fingerprint density at radius 1 is 1.28 bits per heavy atom. The van der Waals surface area contributed by atoms with E-state index >= 15 is 0 Å². The van der Waals surface area contributed by atoms with Gasteiger partial charge in [0.1, 0.15) is 16.5 Å². The molecule has 3 rings (SSSR count). The summed E-state index contributed by atoms with van der Waals surface area (Å²) in [6.45, 7) is 1.11. The minimum Gasteiger partial charge on any atom is -0.382 e. The van der Waals surface area contributed by atoms with Crippen molar-refractivity contribution in [1.82, 2.24) is 14.6 Å². The Morgan fingerprint density at radius 3 is 2.79 bits per heavy atom. The van der Waals surface area contributed by atoms with Crippen LogP contribution in [-0.2, 0) is 21.2 Å². The summed E-state index contributed by atoms with van der Waals surface area (Å²) in [4.78, 5) is 18.7. The Bertz CT molecular complexity index is 1040. The van der Waals surface area contributed by atoms with E-state index in [9.17, 15) is 13.2 Å². The normalized spacial score (nSPS) is 14.2. The van der Waals surface area contributed by atoms with E-state index in [0.29, 0.717) is 41.1 Å². The van der Waals surface area contributed by atoms with Crippen LogP contribution in [0.1, 0.15) is 4.88 Å². The highest BCUT2D eigenvalue weighted by Gasteiger charge is 2.26. The van der Waals surface area contributed by atoms with Crippen LogP contribution in [-0.4, -0.2) is 49.6 Å². The van der Waals surface area contributed by atoms with Crippen molar-refractivity contribution in [3.8, 4) is 0 Å². The number of hydrogen-bond acceptors (Lipinski definition) is 7. The van der Waals surface area contributed by atoms with Gasteiger partial charge in [-0.2, -0.15) is 0 Å². The molecule has 0 spiro atoms. The molecule has 0 aliphatic carbocycles. The summed E-state index contributed by atoms with van der Waals surface area (Å²) in [7, 11) is -3.64. The molecule has 0 unspecified atom stereocenters. The second-order valence-electron chi connectivity index (χ2n) is 6.23. The zero-order chi connectivity index (χ0) is 21.0. The molecular weight excluding hydrogens is 457 g/mol. The Balaban J connectivity index is 1.48. The molecule has 0 fully saturated rings. The number of nitrogens with zero attached hydrogens (tertiary/aromatic N) is 2. The fourth-order valence-electron chi connectivity index (χ4n) is 2.68. The van der Waals surface area contributed by atoms with Crippen molar-refractivity contribution in [2.75, 3.05) is 36.4 Å². The van der Waals surface area contributed by atoms with Gasteiger partial charge in [-0.3, -0.25) is 9.52 Å². The van der Waals surface area contributed by atoms with E-state index in [2.05, 4.69) is 15.0 Å². The van der Waals surface area contributed by atoms with Gasteiger partial charge in [-0.1, -0.05) is 23.2 Å². The summed E-state index contributed by atoms with van der Waals surface area (Å²) in [5.41, 5.74) is 6.34. The lowest BCUT2D eigenvalue weighted by atomic mass is 10.3. The molecule has 0 bridgehead atoms. The monoisotopic (exact) mass is 475 g/mol. The van der Waals surface area contributed by atoms with Crippen LogP contribution in [0.4, 0.5) is 11.5 Å². The number of anilines is 2. The van der Waals surface area contributed by atoms with Crippen molar-refractivity contribution in [1.29, 1.82) is 0 Å². The highest BCUT2D eigenvalue weighted by molar-refractivity contribution is 7.89. The fourth-order valence-corrected chi connectivity index (χ4v) is 5.17. The topological polar surface area (TPSA) is 117 Å². The van der Waals surface area contributed by atoms with Gasteiger partial charge in [-0.05, 0) is 30.7 Å². The van der Waals surface area contributed by atoms with E-state index in [1.165, 1.54) is 22.4 Å². The molecule has 2 aromatic heterocycles. The highest BCUT2D eigenvalue weighted by atomic mass is 35.5. The average Bonchev–Trinajstić information content (AvgIpc) is 3.23. The molecule has 29 heavy (non-hydrogen) atoms. The first-order valence-electron chi connectivity index (χ1n) is 8.63. The largest absolute Gasteiger partial charge is 0.382 e. The molecule has 0 saturated carbocycles. The Morgan fingerprint density at radius 2 is 2.07 bits per heavy atom. The first kappa shape index (κ1) is 21.7. The van der Waals surface area contributed by atoms with Crippen LogP contribution in [0.15, 0.2) is 36.2 Å². The predicted molar refractivity (Wildman–Crippen MR) is 117 cm³/mol. The van der Waals surface area contributed by atoms with Crippen LogP contribution >= 0.6 is 34.5 Å². The standard InChI is InChI=1S/C17H19Cl2N5O3S2/c18-14-2-1-11(28-14)5-10-29(26,27)23-13-4-8-24(17(13)25)9-7-21-12-3-6-22-16(20)15(12)19/h1-4,6,23H,5,7-10H2,(H3,20,21,22). The number of nitrogen functional groups attached to an aromatic ring is 1. The summed E-state index contributed by atoms with van der Waals surface area (Å²) in [6.07, 6.45) is 3.43. The minimum atomic E-state index is -3.64. The molecule has 1 amide bonds. The van der Waals surface area contributed by atoms with Crippen molar-refractivity contribution in [2.45, 2.75) is 6.42 Å². The predicted octanol–water partition coefficient (Wildman–Crippen LogP) is 2.33. The number of hydrogen-bond donors (Lipinski definition) is 3. The molecule has 0 atom stereocenters. The molecule has 0 aromatic carbocycles. The van der Waals surface area contributed by atoms with Crippen molar-refractivity contribution in [2.24, 2.45) is 0 Å². The van der Waals surface area contributed by atoms with Crippen molar-refractivity contribution in [3.63, 3.8) is 0 Å².